The molecule has 0 saturated carbocycles. The third-order valence-electron chi connectivity index (χ3n) is 3.80. The number of hydrogen-bond acceptors (Lipinski definition) is 2. The summed E-state index contributed by atoms with van der Waals surface area (Å²) in [6.07, 6.45) is 11.2. The van der Waals surface area contributed by atoms with E-state index in [2.05, 4.69) is 29.3 Å². The van der Waals surface area contributed by atoms with Crippen LogP contribution in [0.4, 0.5) is 0 Å². The zero-order valence-corrected chi connectivity index (χ0v) is 9.91. The number of fused-ring (bicyclic) bond motifs is 1. The predicted octanol–water partition coefficient (Wildman–Crippen LogP) is 2.17. The van der Waals surface area contributed by atoms with Gasteiger partial charge < -0.3 is 10.2 Å². The summed E-state index contributed by atoms with van der Waals surface area (Å²) >= 11 is 0. The minimum atomic E-state index is 0.787. The van der Waals surface area contributed by atoms with E-state index in [1.54, 1.807) is 0 Å². The standard InChI is InChI=1S/C13H24N2/c1-2-3-4-8-14-12-7-10-15-9-5-6-13(15)11-12/h2-3,12-14H,4-11H2,1H3/b3-2+. The van der Waals surface area contributed by atoms with Crippen LogP contribution in [-0.4, -0.2) is 36.6 Å². The highest BCUT2D eigenvalue weighted by Crippen LogP contribution is 2.26. The number of nitrogens with zero attached hydrogens (tertiary/aromatic N) is 1. The molecule has 2 aliphatic rings. The quantitative estimate of drug-likeness (QED) is 0.562. The van der Waals surface area contributed by atoms with Crippen LogP contribution in [0.25, 0.3) is 0 Å². The maximum atomic E-state index is 3.69. The van der Waals surface area contributed by atoms with Gasteiger partial charge in [0, 0.05) is 12.1 Å². The molecular formula is C13H24N2. The Kier molecular flexibility index (Phi) is 4.21. The van der Waals surface area contributed by atoms with Crippen molar-refractivity contribution in [1.82, 2.24) is 10.2 Å². The molecule has 2 heterocycles. The summed E-state index contributed by atoms with van der Waals surface area (Å²) in [5, 5.41) is 3.69. The zero-order valence-electron chi connectivity index (χ0n) is 9.91. The normalized spacial score (nSPS) is 32.3. The van der Waals surface area contributed by atoms with Crippen LogP contribution in [0.2, 0.25) is 0 Å². The van der Waals surface area contributed by atoms with Gasteiger partial charge in [0.15, 0.2) is 0 Å². The number of piperidine rings is 1. The van der Waals surface area contributed by atoms with E-state index < -0.39 is 0 Å². The molecule has 2 rings (SSSR count). The Balaban J connectivity index is 1.66. The van der Waals surface area contributed by atoms with Gasteiger partial charge in [0.25, 0.3) is 0 Å². The van der Waals surface area contributed by atoms with Crippen molar-refractivity contribution in [1.29, 1.82) is 0 Å². The van der Waals surface area contributed by atoms with Crippen LogP contribution in [0.5, 0.6) is 0 Å². The van der Waals surface area contributed by atoms with E-state index in [4.69, 9.17) is 0 Å². The highest BCUT2D eigenvalue weighted by Gasteiger charge is 2.30. The number of rotatable bonds is 4. The molecule has 2 aliphatic heterocycles. The molecule has 0 bridgehead atoms. The van der Waals surface area contributed by atoms with E-state index in [0.717, 1.165) is 18.6 Å². The number of allylic oxidation sites excluding steroid dienone is 1. The molecule has 0 radical (unpaired) electrons. The molecule has 2 fully saturated rings. The van der Waals surface area contributed by atoms with Crippen LogP contribution >= 0.6 is 0 Å². The smallest absolute Gasteiger partial charge is 0.0111 e. The molecule has 2 atom stereocenters. The Labute approximate surface area is 93.7 Å². The molecule has 2 nitrogen and oxygen atoms in total. The Bertz CT molecular complexity index is 213. The fourth-order valence-corrected chi connectivity index (χ4v) is 2.95. The minimum Gasteiger partial charge on any atom is -0.314 e. The van der Waals surface area contributed by atoms with E-state index in [0.29, 0.717) is 0 Å². The van der Waals surface area contributed by atoms with Crippen LogP contribution in [0.1, 0.15) is 39.0 Å². The third kappa shape index (κ3) is 3.05. The Morgan fingerprint density at radius 2 is 2.27 bits per heavy atom. The molecule has 2 heteroatoms. The SMILES string of the molecule is C/C=C/CCNC1CCN2CCCC2C1. The van der Waals surface area contributed by atoms with Gasteiger partial charge in [-0.15, -0.1) is 0 Å². The first-order chi connectivity index (χ1) is 7.40. The molecule has 0 amide bonds. The van der Waals surface area contributed by atoms with Crippen molar-refractivity contribution in [2.24, 2.45) is 0 Å². The van der Waals surface area contributed by atoms with Gasteiger partial charge in [0.1, 0.15) is 0 Å². The lowest BCUT2D eigenvalue weighted by molar-refractivity contribution is 0.167. The van der Waals surface area contributed by atoms with Crippen LogP contribution in [0, 0.1) is 0 Å². The van der Waals surface area contributed by atoms with Crippen molar-refractivity contribution in [2.75, 3.05) is 19.6 Å². The van der Waals surface area contributed by atoms with Crippen LogP contribution in [-0.2, 0) is 0 Å². The van der Waals surface area contributed by atoms with Crippen molar-refractivity contribution < 1.29 is 0 Å². The number of hydrogen-bond donors (Lipinski definition) is 1. The van der Waals surface area contributed by atoms with Crippen LogP contribution in [0.3, 0.4) is 0 Å². The van der Waals surface area contributed by atoms with Gasteiger partial charge in [0.05, 0.1) is 0 Å². The minimum absolute atomic E-state index is 0.787. The highest BCUT2D eigenvalue weighted by atomic mass is 15.2. The second-order valence-corrected chi connectivity index (χ2v) is 4.87. The second-order valence-electron chi connectivity index (χ2n) is 4.87. The fourth-order valence-electron chi connectivity index (χ4n) is 2.95. The maximum absolute atomic E-state index is 3.69. The van der Waals surface area contributed by atoms with Crippen molar-refractivity contribution in [3.63, 3.8) is 0 Å². The van der Waals surface area contributed by atoms with Crippen molar-refractivity contribution in [2.45, 2.75) is 51.1 Å². The van der Waals surface area contributed by atoms with Gasteiger partial charge in [-0.2, -0.15) is 0 Å². The van der Waals surface area contributed by atoms with Crippen molar-refractivity contribution >= 4 is 0 Å². The Hall–Kier alpha value is -0.340. The summed E-state index contributed by atoms with van der Waals surface area (Å²) in [5.74, 6) is 0. The monoisotopic (exact) mass is 208 g/mol. The molecular weight excluding hydrogens is 184 g/mol. The first-order valence-electron chi connectivity index (χ1n) is 6.48. The molecule has 1 N–H and O–H groups in total. The van der Waals surface area contributed by atoms with E-state index >= 15 is 0 Å². The Morgan fingerprint density at radius 3 is 3.13 bits per heavy atom. The average Bonchev–Trinajstić information content (AvgIpc) is 2.71. The summed E-state index contributed by atoms with van der Waals surface area (Å²) in [6.45, 7) is 5.93. The predicted molar refractivity (Wildman–Crippen MR) is 65.1 cm³/mol. The molecule has 0 aromatic rings. The molecule has 0 aromatic heterocycles. The van der Waals surface area contributed by atoms with Gasteiger partial charge in [0.2, 0.25) is 0 Å². The van der Waals surface area contributed by atoms with E-state index in [1.807, 2.05) is 0 Å². The van der Waals surface area contributed by atoms with E-state index in [9.17, 15) is 0 Å². The molecule has 0 spiro atoms. The summed E-state index contributed by atoms with van der Waals surface area (Å²) < 4.78 is 0. The van der Waals surface area contributed by atoms with Gasteiger partial charge in [-0.1, -0.05) is 12.2 Å². The molecule has 2 saturated heterocycles. The number of nitrogens with one attached hydrogen (secondary N) is 1. The molecule has 0 aromatic carbocycles. The van der Waals surface area contributed by atoms with Gasteiger partial charge in [-0.25, -0.2) is 0 Å². The fraction of sp³-hybridized carbons (Fsp3) is 0.846. The van der Waals surface area contributed by atoms with Gasteiger partial charge >= 0.3 is 0 Å². The summed E-state index contributed by atoms with van der Waals surface area (Å²) in [4.78, 5) is 2.68. The Morgan fingerprint density at radius 1 is 1.33 bits per heavy atom. The average molecular weight is 208 g/mol. The lowest BCUT2D eigenvalue weighted by Gasteiger charge is -2.35. The first kappa shape index (κ1) is 11.2. The van der Waals surface area contributed by atoms with Gasteiger partial charge in [-0.05, 0) is 58.7 Å². The highest BCUT2D eigenvalue weighted by molar-refractivity contribution is 4.89. The second kappa shape index (κ2) is 5.66. The summed E-state index contributed by atoms with van der Waals surface area (Å²) in [7, 11) is 0. The topological polar surface area (TPSA) is 15.3 Å². The lowest BCUT2D eigenvalue weighted by Crippen LogP contribution is -2.45. The maximum Gasteiger partial charge on any atom is 0.0111 e. The van der Waals surface area contributed by atoms with E-state index in [-0.39, 0.29) is 0 Å². The molecule has 2 unspecified atom stereocenters. The molecule has 86 valence electrons. The van der Waals surface area contributed by atoms with Gasteiger partial charge in [-0.3, -0.25) is 0 Å². The van der Waals surface area contributed by atoms with Crippen LogP contribution < -0.4 is 5.32 Å². The summed E-state index contributed by atoms with van der Waals surface area (Å²) in [6, 6.07) is 1.69. The van der Waals surface area contributed by atoms with Crippen LogP contribution in [0.15, 0.2) is 12.2 Å². The molecule has 15 heavy (non-hydrogen) atoms. The third-order valence-corrected chi connectivity index (χ3v) is 3.80. The largest absolute Gasteiger partial charge is 0.314 e. The van der Waals surface area contributed by atoms with Crippen molar-refractivity contribution in [3.8, 4) is 0 Å². The lowest BCUT2D eigenvalue weighted by atomic mass is 9.97. The first-order valence-corrected chi connectivity index (χ1v) is 6.48. The zero-order chi connectivity index (χ0) is 10.5. The van der Waals surface area contributed by atoms with Crippen molar-refractivity contribution in [3.05, 3.63) is 12.2 Å². The van der Waals surface area contributed by atoms with E-state index in [1.165, 1.54) is 45.2 Å². The molecule has 0 aliphatic carbocycles. The summed E-state index contributed by atoms with van der Waals surface area (Å²) in [5.41, 5.74) is 0.